The van der Waals surface area contributed by atoms with E-state index < -0.39 is 0 Å². The lowest BCUT2D eigenvalue weighted by Gasteiger charge is -2.02. The Bertz CT molecular complexity index is 966. The van der Waals surface area contributed by atoms with Gasteiger partial charge >= 0.3 is 0 Å². The van der Waals surface area contributed by atoms with Crippen molar-refractivity contribution in [1.82, 2.24) is 0 Å². The summed E-state index contributed by atoms with van der Waals surface area (Å²) in [5.41, 5.74) is 4.82. The molecule has 0 saturated carbocycles. The molecular formula is C23H15NO. The van der Waals surface area contributed by atoms with E-state index in [1.807, 2.05) is 72.8 Å². The van der Waals surface area contributed by atoms with Crippen molar-refractivity contribution >= 4 is 0 Å². The summed E-state index contributed by atoms with van der Waals surface area (Å²) in [4.78, 5) is 0. The SMILES string of the molecule is N#Cc1ccc(-c2cc(-c3ccccc3)c(-c3ccccc3)o2)cc1. The van der Waals surface area contributed by atoms with Gasteiger partial charge in [-0.2, -0.15) is 5.26 Å². The van der Waals surface area contributed by atoms with Gasteiger partial charge in [0.15, 0.2) is 0 Å². The molecule has 0 unspecified atom stereocenters. The summed E-state index contributed by atoms with van der Waals surface area (Å²) in [5, 5.41) is 8.97. The van der Waals surface area contributed by atoms with Crippen molar-refractivity contribution in [3.05, 3.63) is 96.6 Å². The zero-order chi connectivity index (χ0) is 17.1. The molecule has 0 N–H and O–H groups in total. The molecule has 0 saturated heterocycles. The highest BCUT2D eigenvalue weighted by Crippen LogP contribution is 2.38. The summed E-state index contributed by atoms with van der Waals surface area (Å²) >= 11 is 0. The van der Waals surface area contributed by atoms with Crippen LogP contribution in [-0.2, 0) is 0 Å². The van der Waals surface area contributed by atoms with E-state index in [4.69, 9.17) is 9.68 Å². The van der Waals surface area contributed by atoms with Crippen molar-refractivity contribution in [2.75, 3.05) is 0 Å². The van der Waals surface area contributed by atoms with Crippen LogP contribution in [-0.4, -0.2) is 0 Å². The predicted molar refractivity (Wildman–Crippen MR) is 99.7 cm³/mol. The molecule has 0 aliphatic heterocycles. The fourth-order valence-corrected chi connectivity index (χ4v) is 2.88. The molecule has 0 aliphatic rings. The van der Waals surface area contributed by atoms with Gasteiger partial charge in [0, 0.05) is 16.7 Å². The van der Waals surface area contributed by atoms with Crippen LogP contribution in [0.5, 0.6) is 0 Å². The summed E-state index contributed by atoms with van der Waals surface area (Å²) in [6.45, 7) is 0. The Hall–Kier alpha value is -3.57. The van der Waals surface area contributed by atoms with E-state index in [0.29, 0.717) is 5.56 Å². The molecule has 0 fully saturated rings. The number of nitrogens with zero attached hydrogens (tertiary/aromatic N) is 1. The molecule has 4 aromatic rings. The normalized spacial score (nSPS) is 10.4. The first-order valence-corrected chi connectivity index (χ1v) is 8.10. The molecule has 0 aliphatic carbocycles. The van der Waals surface area contributed by atoms with Crippen LogP contribution < -0.4 is 0 Å². The molecular weight excluding hydrogens is 306 g/mol. The average molecular weight is 321 g/mol. The van der Waals surface area contributed by atoms with E-state index in [1.54, 1.807) is 0 Å². The van der Waals surface area contributed by atoms with Crippen LogP contribution in [0.4, 0.5) is 0 Å². The highest BCUT2D eigenvalue weighted by atomic mass is 16.3. The third-order valence-electron chi connectivity index (χ3n) is 4.15. The lowest BCUT2D eigenvalue weighted by Crippen LogP contribution is -1.78. The van der Waals surface area contributed by atoms with Crippen LogP contribution in [0.3, 0.4) is 0 Å². The van der Waals surface area contributed by atoms with Gasteiger partial charge in [-0.15, -0.1) is 0 Å². The smallest absolute Gasteiger partial charge is 0.142 e. The van der Waals surface area contributed by atoms with E-state index in [1.165, 1.54) is 0 Å². The van der Waals surface area contributed by atoms with Crippen LogP contribution in [0.1, 0.15) is 5.56 Å². The molecule has 3 aromatic carbocycles. The van der Waals surface area contributed by atoms with Crippen LogP contribution in [0.25, 0.3) is 33.8 Å². The van der Waals surface area contributed by atoms with Gasteiger partial charge in [-0.3, -0.25) is 0 Å². The first kappa shape index (κ1) is 15.0. The minimum atomic E-state index is 0.641. The summed E-state index contributed by atoms with van der Waals surface area (Å²) < 4.78 is 6.23. The molecule has 4 rings (SSSR count). The Morgan fingerprint density at radius 2 is 1.24 bits per heavy atom. The fraction of sp³-hybridized carbons (Fsp3) is 0. The first-order chi connectivity index (χ1) is 12.3. The summed E-state index contributed by atoms with van der Waals surface area (Å²) in [5.74, 6) is 1.65. The summed E-state index contributed by atoms with van der Waals surface area (Å²) in [7, 11) is 0. The number of furan rings is 1. The second-order valence-corrected chi connectivity index (χ2v) is 5.77. The van der Waals surface area contributed by atoms with Crippen molar-refractivity contribution in [2.24, 2.45) is 0 Å². The van der Waals surface area contributed by atoms with Gasteiger partial charge in [-0.1, -0.05) is 60.7 Å². The minimum Gasteiger partial charge on any atom is -0.455 e. The van der Waals surface area contributed by atoms with E-state index in [-0.39, 0.29) is 0 Å². The van der Waals surface area contributed by atoms with Gasteiger partial charge in [0.2, 0.25) is 0 Å². The van der Waals surface area contributed by atoms with Gasteiger partial charge in [-0.25, -0.2) is 0 Å². The monoisotopic (exact) mass is 321 g/mol. The maximum absolute atomic E-state index is 8.97. The third-order valence-corrected chi connectivity index (χ3v) is 4.15. The molecule has 2 nitrogen and oxygen atoms in total. The molecule has 0 amide bonds. The van der Waals surface area contributed by atoms with Crippen LogP contribution >= 0.6 is 0 Å². The second-order valence-electron chi connectivity index (χ2n) is 5.77. The number of hydrogen-bond donors (Lipinski definition) is 0. The molecule has 118 valence electrons. The Morgan fingerprint density at radius 3 is 1.84 bits per heavy atom. The summed E-state index contributed by atoms with van der Waals surface area (Å²) in [6, 6.07) is 32.0. The topological polar surface area (TPSA) is 36.9 Å². The number of hydrogen-bond acceptors (Lipinski definition) is 2. The van der Waals surface area contributed by atoms with Gasteiger partial charge in [0.25, 0.3) is 0 Å². The maximum atomic E-state index is 8.97. The number of rotatable bonds is 3. The third kappa shape index (κ3) is 2.96. The molecule has 1 heterocycles. The fourth-order valence-electron chi connectivity index (χ4n) is 2.88. The Labute approximate surface area is 146 Å². The van der Waals surface area contributed by atoms with Gasteiger partial charge in [-0.05, 0) is 35.9 Å². The zero-order valence-corrected chi connectivity index (χ0v) is 13.5. The molecule has 25 heavy (non-hydrogen) atoms. The Kier molecular flexibility index (Phi) is 3.90. The lowest BCUT2D eigenvalue weighted by molar-refractivity contribution is 0.598. The second kappa shape index (κ2) is 6.51. The number of nitriles is 1. The molecule has 2 heteroatoms. The highest BCUT2D eigenvalue weighted by molar-refractivity contribution is 5.83. The van der Waals surface area contributed by atoms with Crippen molar-refractivity contribution < 1.29 is 4.42 Å². The van der Waals surface area contributed by atoms with Crippen LogP contribution in [0, 0.1) is 11.3 Å². The number of benzene rings is 3. The van der Waals surface area contributed by atoms with Crippen molar-refractivity contribution in [3.63, 3.8) is 0 Å². The standard InChI is InChI=1S/C23H15NO/c24-16-17-11-13-19(14-12-17)22-15-21(18-7-3-1-4-8-18)23(25-22)20-9-5-2-6-10-20/h1-15H. The Balaban J connectivity index is 1.87. The van der Waals surface area contributed by atoms with Crippen LogP contribution in [0.2, 0.25) is 0 Å². The quantitative estimate of drug-likeness (QED) is 0.453. The van der Waals surface area contributed by atoms with Gasteiger partial charge in [0.1, 0.15) is 11.5 Å². The van der Waals surface area contributed by atoms with Crippen molar-refractivity contribution in [2.45, 2.75) is 0 Å². The molecule has 0 atom stereocenters. The van der Waals surface area contributed by atoms with Gasteiger partial charge < -0.3 is 4.42 Å². The molecule has 1 aromatic heterocycles. The van der Waals surface area contributed by atoms with Crippen molar-refractivity contribution in [1.29, 1.82) is 5.26 Å². The highest BCUT2D eigenvalue weighted by Gasteiger charge is 2.15. The van der Waals surface area contributed by atoms with Crippen molar-refractivity contribution in [3.8, 4) is 39.8 Å². The van der Waals surface area contributed by atoms with E-state index in [2.05, 4.69) is 24.3 Å². The maximum Gasteiger partial charge on any atom is 0.142 e. The largest absolute Gasteiger partial charge is 0.455 e. The molecule has 0 spiro atoms. The first-order valence-electron chi connectivity index (χ1n) is 8.10. The molecule has 0 radical (unpaired) electrons. The van der Waals surface area contributed by atoms with Crippen LogP contribution in [0.15, 0.2) is 95.4 Å². The van der Waals surface area contributed by atoms with E-state index >= 15 is 0 Å². The van der Waals surface area contributed by atoms with E-state index in [0.717, 1.165) is 33.8 Å². The lowest BCUT2D eigenvalue weighted by atomic mass is 10.0. The summed E-state index contributed by atoms with van der Waals surface area (Å²) in [6.07, 6.45) is 0. The van der Waals surface area contributed by atoms with E-state index in [9.17, 15) is 0 Å². The predicted octanol–water partition coefficient (Wildman–Crippen LogP) is 6.15. The average Bonchev–Trinajstić information content (AvgIpc) is 3.15. The Morgan fingerprint density at radius 1 is 0.640 bits per heavy atom. The zero-order valence-electron chi connectivity index (χ0n) is 13.5. The minimum absolute atomic E-state index is 0.641. The van der Waals surface area contributed by atoms with Gasteiger partial charge in [0.05, 0.1) is 11.6 Å². The molecule has 0 bridgehead atoms.